The largest absolute Gasteiger partial charge is 0.486 e. The molecule has 3 nitrogen and oxygen atoms in total. The summed E-state index contributed by atoms with van der Waals surface area (Å²) in [5.41, 5.74) is 11.2. The first-order valence-electron chi connectivity index (χ1n) is 12.1. The summed E-state index contributed by atoms with van der Waals surface area (Å²) in [5.74, 6) is 0.326. The van der Waals surface area contributed by atoms with Gasteiger partial charge in [-0.1, -0.05) is 71.0 Å². The Kier molecular flexibility index (Phi) is 12.2. The van der Waals surface area contributed by atoms with E-state index in [0.717, 1.165) is 24.0 Å². The lowest BCUT2D eigenvalue weighted by atomic mass is 9.79. The lowest BCUT2D eigenvalue weighted by Gasteiger charge is -2.28. The molecule has 0 aromatic heterocycles. The third kappa shape index (κ3) is 7.59. The van der Waals surface area contributed by atoms with E-state index in [4.69, 9.17) is 10.5 Å². The minimum atomic E-state index is -0.369. The van der Waals surface area contributed by atoms with Crippen LogP contribution in [-0.4, -0.2) is 6.21 Å². The van der Waals surface area contributed by atoms with Crippen LogP contribution in [-0.2, 0) is 6.61 Å². The van der Waals surface area contributed by atoms with E-state index in [-0.39, 0.29) is 5.82 Å². The summed E-state index contributed by atoms with van der Waals surface area (Å²) in [6, 6.07) is 9.96. The van der Waals surface area contributed by atoms with E-state index in [1.54, 1.807) is 12.1 Å². The molecule has 0 heterocycles. The standard InChI is InChI=1S/C25H29FN2O.2C2H6/c1-5-23(28-14-18(4)27)22-12-11-21(20-7-6-8-20)25(24(22)26)29-15-19-10-9-16(2)17(3)13-19;2*1-2/h5,9-14,20H,4,6-8,15,27H2,1-3H3;2*1-2H3/b23-5-,28-14?;;. The van der Waals surface area contributed by atoms with Crippen LogP contribution in [0.15, 0.2) is 53.7 Å². The summed E-state index contributed by atoms with van der Waals surface area (Å²) in [6.45, 7) is 17.9. The predicted octanol–water partition coefficient (Wildman–Crippen LogP) is 8.25. The van der Waals surface area contributed by atoms with Gasteiger partial charge in [0.1, 0.15) is 6.61 Å². The molecule has 0 radical (unpaired) electrons. The molecule has 33 heavy (non-hydrogen) atoms. The number of nitrogens with two attached hydrogens (primary N) is 1. The highest BCUT2D eigenvalue weighted by atomic mass is 19.1. The molecule has 1 aliphatic carbocycles. The number of aliphatic imine (C=N–C) groups is 1. The van der Waals surface area contributed by atoms with Crippen LogP contribution in [0.4, 0.5) is 4.39 Å². The molecule has 0 unspecified atom stereocenters. The maximum Gasteiger partial charge on any atom is 0.174 e. The monoisotopic (exact) mass is 452 g/mol. The van der Waals surface area contributed by atoms with Gasteiger partial charge in [0.2, 0.25) is 0 Å². The number of rotatable bonds is 7. The SMILES string of the molecule is C=C(N)C=N/C(=C\C)c1ccc(C2CCC2)c(OCc2ccc(C)c(C)c2)c1F.CC.CC. The summed E-state index contributed by atoms with van der Waals surface area (Å²) >= 11 is 0. The van der Waals surface area contributed by atoms with Crippen molar-refractivity contribution in [3.63, 3.8) is 0 Å². The molecule has 1 saturated carbocycles. The van der Waals surface area contributed by atoms with Crippen molar-refractivity contribution in [3.05, 3.63) is 82.3 Å². The molecule has 2 aromatic rings. The van der Waals surface area contributed by atoms with Crippen molar-refractivity contribution in [1.82, 2.24) is 0 Å². The molecule has 0 amide bonds. The molecule has 0 aliphatic heterocycles. The van der Waals surface area contributed by atoms with Crippen molar-refractivity contribution in [3.8, 4) is 5.75 Å². The summed E-state index contributed by atoms with van der Waals surface area (Å²) in [5, 5.41) is 0. The van der Waals surface area contributed by atoms with Crippen molar-refractivity contribution in [2.45, 2.75) is 80.3 Å². The van der Waals surface area contributed by atoms with Crippen molar-refractivity contribution in [2.75, 3.05) is 0 Å². The van der Waals surface area contributed by atoms with Gasteiger partial charge in [0.15, 0.2) is 11.6 Å². The van der Waals surface area contributed by atoms with Crippen LogP contribution in [0.1, 0.15) is 87.6 Å². The summed E-state index contributed by atoms with van der Waals surface area (Å²) < 4.78 is 21.6. The van der Waals surface area contributed by atoms with Gasteiger partial charge in [-0.05, 0) is 62.3 Å². The Morgan fingerprint density at radius 3 is 2.30 bits per heavy atom. The van der Waals surface area contributed by atoms with Crippen LogP contribution in [0.5, 0.6) is 5.75 Å². The average molecular weight is 453 g/mol. The fourth-order valence-electron chi connectivity index (χ4n) is 3.46. The van der Waals surface area contributed by atoms with E-state index >= 15 is 4.39 Å². The Morgan fingerprint density at radius 1 is 1.12 bits per heavy atom. The van der Waals surface area contributed by atoms with Crippen LogP contribution >= 0.6 is 0 Å². The second-order valence-electron chi connectivity index (χ2n) is 7.69. The molecule has 1 fully saturated rings. The van der Waals surface area contributed by atoms with Gasteiger partial charge in [0.05, 0.1) is 5.70 Å². The van der Waals surface area contributed by atoms with Gasteiger partial charge in [-0.2, -0.15) is 0 Å². The number of hydrogen-bond acceptors (Lipinski definition) is 3. The number of benzene rings is 2. The minimum absolute atomic E-state index is 0.321. The van der Waals surface area contributed by atoms with Crippen molar-refractivity contribution in [1.29, 1.82) is 0 Å². The van der Waals surface area contributed by atoms with Gasteiger partial charge in [-0.3, -0.25) is 4.99 Å². The normalized spacial score (nSPS) is 13.4. The highest BCUT2D eigenvalue weighted by Crippen LogP contribution is 2.43. The van der Waals surface area contributed by atoms with E-state index in [9.17, 15) is 0 Å². The van der Waals surface area contributed by atoms with E-state index in [0.29, 0.717) is 35.2 Å². The van der Waals surface area contributed by atoms with Gasteiger partial charge in [0, 0.05) is 23.0 Å². The fourth-order valence-corrected chi connectivity index (χ4v) is 3.46. The van der Waals surface area contributed by atoms with Gasteiger partial charge in [0.25, 0.3) is 0 Å². The highest BCUT2D eigenvalue weighted by Gasteiger charge is 2.27. The Labute approximate surface area is 200 Å². The van der Waals surface area contributed by atoms with E-state index in [1.165, 1.54) is 23.8 Å². The fraction of sp³-hybridized carbons (Fsp3) is 0.414. The molecule has 3 rings (SSSR count). The van der Waals surface area contributed by atoms with Crippen LogP contribution in [0.25, 0.3) is 5.70 Å². The molecule has 2 aromatic carbocycles. The number of halogens is 1. The molecule has 1 aliphatic rings. The zero-order chi connectivity index (χ0) is 25.0. The Morgan fingerprint density at radius 2 is 1.79 bits per heavy atom. The quantitative estimate of drug-likeness (QED) is 0.430. The van der Waals surface area contributed by atoms with Crippen molar-refractivity contribution in [2.24, 2.45) is 10.7 Å². The maximum absolute atomic E-state index is 15.6. The van der Waals surface area contributed by atoms with Gasteiger partial charge < -0.3 is 10.5 Å². The molecular formula is C29H41FN2O. The summed E-state index contributed by atoms with van der Waals surface area (Å²) in [7, 11) is 0. The van der Waals surface area contributed by atoms with Crippen LogP contribution in [0.2, 0.25) is 0 Å². The average Bonchev–Trinajstić information content (AvgIpc) is 2.78. The zero-order valence-corrected chi connectivity index (χ0v) is 21.5. The van der Waals surface area contributed by atoms with E-state index in [1.807, 2.05) is 46.8 Å². The van der Waals surface area contributed by atoms with Crippen LogP contribution in [0, 0.1) is 19.7 Å². The molecule has 0 spiro atoms. The van der Waals surface area contributed by atoms with Gasteiger partial charge in [-0.25, -0.2) is 4.39 Å². The molecule has 0 bridgehead atoms. The molecule has 180 valence electrons. The maximum atomic E-state index is 15.6. The number of ether oxygens (including phenoxy) is 1. The summed E-state index contributed by atoms with van der Waals surface area (Å²) in [4.78, 5) is 4.28. The number of allylic oxidation sites excluding steroid dienone is 2. The zero-order valence-electron chi connectivity index (χ0n) is 21.5. The first kappa shape index (κ1) is 28.2. The topological polar surface area (TPSA) is 47.6 Å². The summed E-state index contributed by atoms with van der Waals surface area (Å²) in [6.07, 6.45) is 6.51. The molecular weight excluding hydrogens is 411 g/mol. The van der Waals surface area contributed by atoms with Crippen LogP contribution in [0.3, 0.4) is 0 Å². The molecule has 2 N–H and O–H groups in total. The van der Waals surface area contributed by atoms with E-state index in [2.05, 4.69) is 37.6 Å². The third-order valence-electron chi connectivity index (χ3n) is 5.55. The number of nitrogens with zero attached hydrogens (tertiary/aromatic N) is 1. The first-order valence-corrected chi connectivity index (χ1v) is 12.1. The third-order valence-corrected chi connectivity index (χ3v) is 5.55. The second-order valence-corrected chi connectivity index (χ2v) is 7.69. The Bertz CT molecular complexity index is 972. The number of hydrogen-bond donors (Lipinski definition) is 1. The molecule has 0 saturated heterocycles. The first-order chi connectivity index (χ1) is 15.9. The van der Waals surface area contributed by atoms with Crippen LogP contribution < -0.4 is 10.5 Å². The minimum Gasteiger partial charge on any atom is -0.486 e. The number of aryl methyl sites for hydroxylation is 2. The van der Waals surface area contributed by atoms with Gasteiger partial charge in [-0.15, -0.1) is 0 Å². The molecule has 0 atom stereocenters. The lowest BCUT2D eigenvalue weighted by molar-refractivity contribution is 0.278. The Balaban J connectivity index is 0.00000129. The predicted molar refractivity (Wildman–Crippen MR) is 141 cm³/mol. The van der Waals surface area contributed by atoms with Gasteiger partial charge >= 0.3 is 0 Å². The van der Waals surface area contributed by atoms with Crippen molar-refractivity contribution < 1.29 is 9.13 Å². The molecule has 4 heteroatoms. The second kappa shape index (κ2) is 14.3. The highest BCUT2D eigenvalue weighted by molar-refractivity contribution is 5.83. The Hall–Kier alpha value is -2.88. The lowest BCUT2D eigenvalue weighted by Crippen LogP contribution is -2.12. The van der Waals surface area contributed by atoms with Crippen molar-refractivity contribution >= 4 is 11.9 Å². The smallest absolute Gasteiger partial charge is 0.174 e. The van der Waals surface area contributed by atoms with E-state index < -0.39 is 0 Å².